The smallest absolute Gasteiger partial charge is 0.128 e. The van der Waals surface area contributed by atoms with E-state index in [4.69, 9.17) is 19.2 Å². The summed E-state index contributed by atoms with van der Waals surface area (Å²) in [4.78, 5) is 11.0. The number of hydrogen-bond acceptors (Lipinski definition) is 4. The van der Waals surface area contributed by atoms with E-state index in [0.717, 1.165) is 33.5 Å². The van der Waals surface area contributed by atoms with Crippen molar-refractivity contribution in [2.45, 2.75) is 18.6 Å². The largest absolute Gasteiger partial charge is 0.497 e. The average molecular weight is 365 g/mol. The summed E-state index contributed by atoms with van der Waals surface area (Å²) in [6, 6.07) is 13.8. The highest BCUT2D eigenvalue weighted by molar-refractivity contribution is 9.10. The van der Waals surface area contributed by atoms with Crippen LogP contribution < -0.4 is 9.47 Å². The van der Waals surface area contributed by atoms with Crippen LogP contribution in [0, 0.1) is 0 Å². The maximum absolute atomic E-state index is 5.52. The van der Waals surface area contributed by atoms with Crippen molar-refractivity contribution in [1.82, 2.24) is 0 Å². The van der Waals surface area contributed by atoms with Crippen molar-refractivity contribution in [2.75, 3.05) is 14.2 Å². The third kappa shape index (κ3) is 3.11. The molecule has 3 rings (SSSR count). The molecule has 4 nitrogen and oxygen atoms in total. The van der Waals surface area contributed by atoms with Crippen LogP contribution in [0.15, 0.2) is 46.9 Å². The molecule has 0 unspecified atom stereocenters. The highest BCUT2D eigenvalue weighted by Gasteiger charge is 2.31. The van der Waals surface area contributed by atoms with E-state index in [1.54, 1.807) is 14.2 Å². The first kappa shape index (κ1) is 15.3. The fourth-order valence-corrected chi connectivity index (χ4v) is 2.80. The third-order valence-electron chi connectivity index (χ3n) is 3.75. The maximum atomic E-state index is 5.52. The molecule has 0 spiro atoms. The van der Waals surface area contributed by atoms with Crippen molar-refractivity contribution in [3.05, 3.63) is 58.1 Å². The fourth-order valence-electron chi connectivity index (χ4n) is 2.54. The molecule has 1 aliphatic heterocycles. The minimum absolute atomic E-state index is 0.0788. The van der Waals surface area contributed by atoms with Crippen molar-refractivity contribution >= 4 is 15.9 Å². The Morgan fingerprint density at radius 3 is 2.36 bits per heavy atom. The van der Waals surface area contributed by atoms with Crippen LogP contribution in [0.5, 0.6) is 11.5 Å². The van der Waals surface area contributed by atoms with E-state index < -0.39 is 0 Å². The first-order chi connectivity index (χ1) is 10.7. The lowest BCUT2D eigenvalue weighted by atomic mass is 9.99. The predicted molar refractivity (Wildman–Crippen MR) is 86.0 cm³/mol. The maximum Gasteiger partial charge on any atom is 0.128 e. The number of methoxy groups -OCH3 is 2. The average Bonchev–Trinajstić information content (AvgIpc) is 3.04. The van der Waals surface area contributed by atoms with Gasteiger partial charge in [-0.25, -0.2) is 9.78 Å². The molecule has 0 aliphatic carbocycles. The van der Waals surface area contributed by atoms with Crippen molar-refractivity contribution in [1.29, 1.82) is 0 Å². The fraction of sp³-hybridized carbons (Fsp3) is 0.294. The molecule has 0 radical (unpaired) electrons. The van der Waals surface area contributed by atoms with E-state index in [0.29, 0.717) is 0 Å². The Morgan fingerprint density at radius 2 is 1.68 bits per heavy atom. The predicted octanol–water partition coefficient (Wildman–Crippen LogP) is 4.60. The van der Waals surface area contributed by atoms with Gasteiger partial charge in [0.15, 0.2) is 0 Å². The molecule has 0 saturated carbocycles. The molecule has 0 aromatic heterocycles. The Kier molecular flexibility index (Phi) is 4.66. The minimum atomic E-state index is -0.158. The van der Waals surface area contributed by atoms with Gasteiger partial charge in [-0.05, 0) is 29.8 Å². The highest BCUT2D eigenvalue weighted by atomic mass is 79.9. The van der Waals surface area contributed by atoms with Gasteiger partial charge in [-0.1, -0.05) is 28.1 Å². The Bertz CT molecular complexity index is 642. The van der Waals surface area contributed by atoms with Gasteiger partial charge in [-0.2, -0.15) is 0 Å². The van der Waals surface area contributed by atoms with E-state index in [1.807, 2.05) is 42.5 Å². The van der Waals surface area contributed by atoms with Crippen LogP contribution in [0.1, 0.15) is 29.8 Å². The molecular weight excluding hydrogens is 348 g/mol. The van der Waals surface area contributed by atoms with Gasteiger partial charge < -0.3 is 9.47 Å². The molecule has 0 bridgehead atoms. The topological polar surface area (TPSA) is 36.9 Å². The molecule has 0 amide bonds. The Morgan fingerprint density at radius 1 is 0.955 bits per heavy atom. The zero-order valence-corrected chi connectivity index (χ0v) is 14.0. The summed E-state index contributed by atoms with van der Waals surface area (Å²) in [6.45, 7) is 0. The molecule has 116 valence electrons. The normalized spacial score (nSPS) is 20.9. The summed E-state index contributed by atoms with van der Waals surface area (Å²) in [5.41, 5.74) is 2.06. The Hall–Kier alpha value is -1.56. The summed E-state index contributed by atoms with van der Waals surface area (Å²) >= 11 is 3.43. The van der Waals surface area contributed by atoms with Crippen LogP contribution in [0.2, 0.25) is 0 Å². The zero-order chi connectivity index (χ0) is 15.5. The molecule has 22 heavy (non-hydrogen) atoms. The lowest BCUT2D eigenvalue weighted by Gasteiger charge is -2.13. The van der Waals surface area contributed by atoms with Gasteiger partial charge in [0.2, 0.25) is 0 Å². The number of rotatable bonds is 4. The molecule has 1 heterocycles. The Balaban J connectivity index is 1.79. The monoisotopic (exact) mass is 364 g/mol. The summed E-state index contributed by atoms with van der Waals surface area (Å²) in [5.74, 6) is 1.49. The van der Waals surface area contributed by atoms with E-state index in [1.165, 1.54) is 0 Å². The van der Waals surface area contributed by atoms with Gasteiger partial charge in [-0.15, -0.1) is 0 Å². The van der Waals surface area contributed by atoms with Crippen LogP contribution >= 0.6 is 15.9 Å². The summed E-state index contributed by atoms with van der Waals surface area (Å²) in [5, 5.41) is 0. The van der Waals surface area contributed by atoms with Crippen molar-refractivity contribution in [3.63, 3.8) is 0 Å². The van der Waals surface area contributed by atoms with Gasteiger partial charge in [0.25, 0.3) is 0 Å². The second-order valence-electron chi connectivity index (χ2n) is 5.06. The highest BCUT2D eigenvalue weighted by Crippen LogP contribution is 2.43. The molecule has 2 atom stereocenters. The van der Waals surface area contributed by atoms with E-state index in [-0.39, 0.29) is 12.2 Å². The van der Waals surface area contributed by atoms with Gasteiger partial charge in [0.05, 0.1) is 14.2 Å². The molecular formula is C17H17BrO4. The first-order valence-corrected chi connectivity index (χ1v) is 7.80. The molecule has 1 fully saturated rings. The van der Waals surface area contributed by atoms with Crippen LogP contribution in [-0.2, 0) is 9.78 Å². The van der Waals surface area contributed by atoms with E-state index >= 15 is 0 Å². The lowest BCUT2D eigenvalue weighted by molar-refractivity contribution is -0.300. The van der Waals surface area contributed by atoms with Gasteiger partial charge in [-0.3, -0.25) is 0 Å². The van der Waals surface area contributed by atoms with Crippen molar-refractivity contribution < 1.29 is 19.2 Å². The molecule has 2 aromatic carbocycles. The standard InChI is InChI=1S/C17H17BrO4/c1-19-13-7-8-14(16(9-13)20-2)17-10-15(21-22-17)11-3-5-12(18)6-4-11/h3-9,15,17H,10H2,1-2H3/t15-,17+/m0/s1. The van der Waals surface area contributed by atoms with E-state index in [2.05, 4.69) is 15.9 Å². The van der Waals surface area contributed by atoms with Gasteiger partial charge in [0, 0.05) is 22.5 Å². The molecule has 1 saturated heterocycles. The minimum Gasteiger partial charge on any atom is -0.497 e. The van der Waals surface area contributed by atoms with Crippen LogP contribution in [0.25, 0.3) is 0 Å². The Labute approximate surface area is 138 Å². The lowest BCUT2D eigenvalue weighted by Crippen LogP contribution is -2.00. The number of halogens is 1. The van der Waals surface area contributed by atoms with Gasteiger partial charge >= 0.3 is 0 Å². The van der Waals surface area contributed by atoms with Gasteiger partial charge in [0.1, 0.15) is 23.7 Å². The van der Waals surface area contributed by atoms with Crippen LogP contribution in [0.4, 0.5) is 0 Å². The first-order valence-electron chi connectivity index (χ1n) is 7.01. The van der Waals surface area contributed by atoms with Crippen LogP contribution in [0.3, 0.4) is 0 Å². The quantitative estimate of drug-likeness (QED) is 0.742. The molecule has 0 N–H and O–H groups in total. The summed E-state index contributed by atoms with van der Waals surface area (Å²) < 4.78 is 11.7. The molecule has 1 aliphatic rings. The third-order valence-corrected chi connectivity index (χ3v) is 4.27. The molecule has 5 heteroatoms. The SMILES string of the molecule is COc1ccc([C@H]2C[C@@H](c3ccc(Br)cc3)OO2)c(OC)c1. The summed E-state index contributed by atoms with van der Waals surface area (Å²) in [6.07, 6.45) is 0.504. The molecule has 2 aromatic rings. The van der Waals surface area contributed by atoms with Crippen molar-refractivity contribution in [2.24, 2.45) is 0 Å². The zero-order valence-electron chi connectivity index (χ0n) is 12.4. The number of benzene rings is 2. The van der Waals surface area contributed by atoms with E-state index in [9.17, 15) is 0 Å². The summed E-state index contributed by atoms with van der Waals surface area (Å²) in [7, 11) is 3.27. The number of hydrogen-bond donors (Lipinski definition) is 0. The second kappa shape index (κ2) is 6.69. The number of ether oxygens (including phenoxy) is 2. The second-order valence-corrected chi connectivity index (χ2v) is 5.98. The van der Waals surface area contributed by atoms with Crippen LogP contribution in [-0.4, -0.2) is 14.2 Å². The van der Waals surface area contributed by atoms with Crippen molar-refractivity contribution in [3.8, 4) is 11.5 Å².